The van der Waals surface area contributed by atoms with Crippen molar-refractivity contribution in [1.29, 1.82) is 0 Å². The lowest BCUT2D eigenvalue weighted by atomic mass is 10.0. The average molecular weight is 245 g/mol. The van der Waals surface area contributed by atoms with Gasteiger partial charge in [0.25, 0.3) is 5.91 Å². The Kier molecular flexibility index (Phi) is 4.80. The Morgan fingerprint density at radius 2 is 1.78 bits per heavy atom. The number of nitrogens with zero attached hydrogens (tertiary/aromatic N) is 1. The third kappa shape index (κ3) is 3.34. The van der Waals surface area contributed by atoms with Crippen molar-refractivity contribution in [3.8, 4) is 0 Å². The van der Waals surface area contributed by atoms with Crippen molar-refractivity contribution in [2.45, 2.75) is 45.4 Å². The van der Waals surface area contributed by atoms with E-state index in [1.807, 2.05) is 17.0 Å². The summed E-state index contributed by atoms with van der Waals surface area (Å²) in [6, 6.07) is 8.18. The minimum atomic E-state index is 0.205. The van der Waals surface area contributed by atoms with Crippen LogP contribution in [0, 0.1) is 0 Å². The number of benzene rings is 1. The van der Waals surface area contributed by atoms with E-state index >= 15 is 0 Å². The van der Waals surface area contributed by atoms with E-state index in [0.29, 0.717) is 0 Å². The first kappa shape index (κ1) is 13.1. The van der Waals surface area contributed by atoms with E-state index in [2.05, 4.69) is 19.1 Å². The summed E-state index contributed by atoms with van der Waals surface area (Å²) in [6.45, 7) is 4.06. The molecule has 0 spiro atoms. The number of hydrogen-bond acceptors (Lipinski definition) is 1. The Morgan fingerprint density at radius 1 is 1.11 bits per heavy atom. The summed E-state index contributed by atoms with van der Waals surface area (Å²) in [6.07, 6.45) is 7.13. The summed E-state index contributed by atoms with van der Waals surface area (Å²) in [5, 5.41) is 0. The summed E-state index contributed by atoms with van der Waals surface area (Å²) >= 11 is 0. The molecule has 0 radical (unpaired) electrons. The number of amides is 1. The van der Waals surface area contributed by atoms with Crippen LogP contribution < -0.4 is 0 Å². The van der Waals surface area contributed by atoms with Gasteiger partial charge in [0.2, 0.25) is 0 Å². The normalized spacial score (nSPS) is 15.7. The number of aryl methyl sites for hydroxylation is 1. The largest absolute Gasteiger partial charge is 0.339 e. The van der Waals surface area contributed by atoms with Crippen LogP contribution in [0.15, 0.2) is 24.3 Å². The Bertz CT molecular complexity index is 377. The summed E-state index contributed by atoms with van der Waals surface area (Å²) in [7, 11) is 0. The minimum absolute atomic E-state index is 0.205. The SMILES string of the molecule is CCCCc1ccc(C(=O)N2CCCCC2)cc1. The van der Waals surface area contributed by atoms with Crippen LogP contribution in [0.2, 0.25) is 0 Å². The van der Waals surface area contributed by atoms with E-state index in [1.165, 1.54) is 24.8 Å². The average Bonchev–Trinajstić information content (AvgIpc) is 2.46. The third-order valence-electron chi connectivity index (χ3n) is 3.66. The highest BCUT2D eigenvalue weighted by molar-refractivity contribution is 5.94. The molecule has 18 heavy (non-hydrogen) atoms. The van der Waals surface area contributed by atoms with Gasteiger partial charge in [0.15, 0.2) is 0 Å². The molecule has 2 rings (SSSR count). The van der Waals surface area contributed by atoms with Gasteiger partial charge in [-0.2, -0.15) is 0 Å². The number of likely N-dealkylation sites (tertiary alicyclic amines) is 1. The third-order valence-corrected chi connectivity index (χ3v) is 3.66. The molecule has 1 aromatic rings. The molecule has 1 aromatic carbocycles. The van der Waals surface area contributed by atoms with Gasteiger partial charge in [-0.3, -0.25) is 4.79 Å². The molecule has 1 aliphatic heterocycles. The monoisotopic (exact) mass is 245 g/mol. The summed E-state index contributed by atoms with van der Waals surface area (Å²) in [4.78, 5) is 14.2. The smallest absolute Gasteiger partial charge is 0.253 e. The van der Waals surface area contributed by atoms with Crippen molar-refractivity contribution in [1.82, 2.24) is 4.90 Å². The Morgan fingerprint density at radius 3 is 2.39 bits per heavy atom. The number of piperidine rings is 1. The van der Waals surface area contributed by atoms with E-state index < -0.39 is 0 Å². The standard InChI is InChI=1S/C16H23NO/c1-2-3-7-14-8-10-15(11-9-14)16(18)17-12-5-4-6-13-17/h8-11H,2-7,12-13H2,1H3. The first-order valence-electron chi connectivity index (χ1n) is 7.19. The molecular weight excluding hydrogens is 222 g/mol. The maximum atomic E-state index is 12.3. The van der Waals surface area contributed by atoms with Crippen LogP contribution in [0.4, 0.5) is 0 Å². The molecule has 0 saturated carbocycles. The van der Waals surface area contributed by atoms with Crippen LogP contribution in [-0.4, -0.2) is 23.9 Å². The maximum Gasteiger partial charge on any atom is 0.253 e. The zero-order valence-corrected chi connectivity index (χ0v) is 11.3. The molecule has 1 heterocycles. The predicted octanol–water partition coefficient (Wildman–Crippen LogP) is 3.66. The molecule has 0 N–H and O–H groups in total. The molecule has 1 saturated heterocycles. The highest BCUT2D eigenvalue weighted by atomic mass is 16.2. The number of carbonyl (C=O) groups is 1. The second-order valence-electron chi connectivity index (χ2n) is 5.15. The maximum absolute atomic E-state index is 12.3. The van der Waals surface area contributed by atoms with Crippen LogP contribution in [0.25, 0.3) is 0 Å². The van der Waals surface area contributed by atoms with Gasteiger partial charge in [-0.25, -0.2) is 0 Å². The molecule has 1 amide bonds. The van der Waals surface area contributed by atoms with Crippen LogP contribution in [0.3, 0.4) is 0 Å². The first-order valence-corrected chi connectivity index (χ1v) is 7.19. The van der Waals surface area contributed by atoms with Gasteiger partial charge in [0, 0.05) is 18.7 Å². The molecule has 0 unspecified atom stereocenters. The molecule has 1 aliphatic rings. The fourth-order valence-corrected chi connectivity index (χ4v) is 2.47. The fraction of sp³-hybridized carbons (Fsp3) is 0.562. The molecule has 2 nitrogen and oxygen atoms in total. The highest BCUT2D eigenvalue weighted by Gasteiger charge is 2.17. The van der Waals surface area contributed by atoms with Gasteiger partial charge in [-0.05, 0) is 49.8 Å². The lowest BCUT2D eigenvalue weighted by molar-refractivity contribution is 0.0724. The number of rotatable bonds is 4. The molecule has 1 fully saturated rings. The zero-order chi connectivity index (χ0) is 12.8. The van der Waals surface area contributed by atoms with Gasteiger partial charge in [0.1, 0.15) is 0 Å². The lowest BCUT2D eigenvalue weighted by Crippen LogP contribution is -2.35. The topological polar surface area (TPSA) is 20.3 Å². The van der Waals surface area contributed by atoms with Gasteiger partial charge in [0.05, 0.1) is 0 Å². The van der Waals surface area contributed by atoms with E-state index in [4.69, 9.17) is 0 Å². The molecular formula is C16H23NO. The minimum Gasteiger partial charge on any atom is -0.339 e. The van der Waals surface area contributed by atoms with Crippen molar-refractivity contribution in [3.63, 3.8) is 0 Å². The second kappa shape index (κ2) is 6.58. The van der Waals surface area contributed by atoms with Crippen molar-refractivity contribution in [2.75, 3.05) is 13.1 Å². The number of unbranched alkanes of at least 4 members (excludes halogenated alkanes) is 1. The zero-order valence-electron chi connectivity index (χ0n) is 11.3. The predicted molar refractivity (Wildman–Crippen MR) is 74.8 cm³/mol. The van der Waals surface area contributed by atoms with Gasteiger partial charge >= 0.3 is 0 Å². The van der Waals surface area contributed by atoms with Gasteiger partial charge in [-0.1, -0.05) is 25.5 Å². The molecule has 0 atom stereocenters. The Labute approximate surface area is 110 Å². The van der Waals surface area contributed by atoms with Gasteiger partial charge in [-0.15, -0.1) is 0 Å². The second-order valence-corrected chi connectivity index (χ2v) is 5.15. The Balaban J connectivity index is 1.97. The highest BCUT2D eigenvalue weighted by Crippen LogP contribution is 2.14. The van der Waals surface area contributed by atoms with Crippen molar-refractivity contribution < 1.29 is 4.79 Å². The van der Waals surface area contributed by atoms with Crippen LogP contribution in [-0.2, 0) is 6.42 Å². The quantitative estimate of drug-likeness (QED) is 0.793. The fourth-order valence-electron chi connectivity index (χ4n) is 2.47. The lowest BCUT2D eigenvalue weighted by Gasteiger charge is -2.26. The van der Waals surface area contributed by atoms with Crippen molar-refractivity contribution >= 4 is 5.91 Å². The van der Waals surface area contributed by atoms with E-state index in [-0.39, 0.29) is 5.91 Å². The Hall–Kier alpha value is -1.31. The van der Waals surface area contributed by atoms with E-state index in [0.717, 1.165) is 37.9 Å². The molecule has 98 valence electrons. The number of carbonyl (C=O) groups excluding carboxylic acids is 1. The van der Waals surface area contributed by atoms with Crippen molar-refractivity contribution in [2.24, 2.45) is 0 Å². The number of hydrogen-bond donors (Lipinski definition) is 0. The van der Waals surface area contributed by atoms with E-state index in [1.54, 1.807) is 0 Å². The summed E-state index contributed by atoms with van der Waals surface area (Å²) in [5.41, 5.74) is 2.18. The summed E-state index contributed by atoms with van der Waals surface area (Å²) in [5.74, 6) is 0.205. The van der Waals surface area contributed by atoms with Gasteiger partial charge < -0.3 is 4.90 Å². The van der Waals surface area contributed by atoms with Crippen LogP contribution >= 0.6 is 0 Å². The molecule has 0 bridgehead atoms. The summed E-state index contributed by atoms with van der Waals surface area (Å²) < 4.78 is 0. The van der Waals surface area contributed by atoms with E-state index in [9.17, 15) is 4.79 Å². The molecule has 0 aliphatic carbocycles. The van der Waals surface area contributed by atoms with Crippen molar-refractivity contribution in [3.05, 3.63) is 35.4 Å². The molecule has 2 heteroatoms. The first-order chi connectivity index (χ1) is 8.81. The molecule has 0 aromatic heterocycles. The van der Waals surface area contributed by atoms with Crippen LogP contribution in [0.1, 0.15) is 54.9 Å². The van der Waals surface area contributed by atoms with Crippen LogP contribution in [0.5, 0.6) is 0 Å².